The maximum atomic E-state index is 12.5. The van der Waals surface area contributed by atoms with Gasteiger partial charge >= 0.3 is 0 Å². The molecule has 0 unspecified atom stereocenters. The van der Waals surface area contributed by atoms with Gasteiger partial charge in [0.1, 0.15) is 0 Å². The van der Waals surface area contributed by atoms with Gasteiger partial charge in [0.15, 0.2) is 0 Å². The first-order chi connectivity index (χ1) is 9.22. The molecule has 4 N–H and O–H groups in total. The minimum absolute atomic E-state index is 0.151. The summed E-state index contributed by atoms with van der Waals surface area (Å²) in [5.41, 5.74) is 8.46. The molecule has 0 aliphatic rings. The van der Waals surface area contributed by atoms with Gasteiger partial charge in [-0.25, -0.2) is 8.42 Å². The summed E-state index contributed by atoms with van der Waals surface area (Å²) < 4.78 is 28.1. The molecule has 0 aliphatic carbocycles. The van der Waals surface area contributed by atoms with Gasteiger partial charge in [0.2, 0.25) is 0 Å². The van der Waals surface area contributed by atoms with Gasteiger partial charge in [0.25, 0.3) is 10.0 Å². The third-order valence-corrected chi connectivity index (χ3v) is 5.13. The second kappa shape index (κ2) is 5.10. The molecular formula is C12H15BrN4O2S. The Morgan fingerprint density at radius 1 is 1.30 bits per heavy atom. The highest BCUT2D eigenvalue weighted by Gasteiger charge is 2.21. The second-order valence-electron chi connectivity index (χ2n) is 4.55. The van der Waals surface area contributed by atoms with Crippen LogP contribution in [0.15, 0.2) is 21.5 Å². The van der Waals surface area contributed by atoms with Crippen LogP contribution in [0.1, 0.15) is 17.0 Å². The molecule has 2 rings (SSSR count). The Balaban J connectivity index is 2.49. The summed E-state index contributed by atoms with van der Waals surface area (Å²) in [6.45, 7) is 5.19. The van der Waals surface area contributed by atoms with Crippen molar-refractivity contribution < 1.29 is 8.42 Å². The Morgan fingerprint density at radius 2 is 1.95 bits per heavy atom. The minimum Gasteiger partial charge on any atom is -0.398 e. The van der Waals surface area contributed by atoms with Crippen molar-refractivity contribution in [3.8, 4) is 0 Å². The predicted octanol–water partition coefficient (Wildman–Crippen LogP) is 2.48. The number of aryl methyl sites for hydroxylation is 3. The summed E-state index contributed by atoms with van der Waals surface area (Å²) in [4.78, 5) is 0.151. The molecule has 0 saturated heterocycles. The average molecular weight is 359 g/mol. The van der Waals surface area contributed by atoms with Gasteiger partial charge in [-0.1, -0.05) is 0 Å². The summed E-state index contributed by atoms with van der Waals surface area (Å²) in [5.74, 6) is 0. The van der Waals surface area contributed by atoms with Gasteiger partial charge in [-0.05, 0) is 54.4 Å². The fourth-order valence-electron chi connectivity index (χ4n) is 1.85. The second-order valence-corrected chi connectivity index (χ2v) is 7.06. The van der Waals surface area contributed by atoms with Crippen LogP contribution in [-0.4, -0.2) is 18.6 Å². The molecule has 0 saturated carbocycles. The van der Waals surface area contributed by atoms with Crippen LogP contribution in [0.4, 0.5) is 11.4 Å². The molecule has 0 radical (unpaired) electrons. The SMILES string of the molecule is Cc1cc(Br)c(N)cc1S(=O)(=O)Nc1c(C)n[nH]c1C. The fourth-order valence-corrected chi connectivity index (χ4v) is 3.75. The number of benzene rings is 1. The van der Waals surface area contributed by atoms with Crippen molar-refractivity contribution in [2.24, 2.45) is 0 Å². The lowest BCUT2D eigenvalue weighted by Crippen LogP contribution is -2.15. The minimum atomic E-state index is -3.71. The van der Waals surface area contributed by atoms with E-state index in [0.29, 0.717) is 32.8 Å². The predicted molar refractivity (Wildman–Crippen MR) is 82.2 cm³/mol. The highest BCUT2D eigenvalue weighted by atomic mass is 79.9. The Hall–Kier alpha value is -1.54. The van der Waals surface area contributed by atoms with Crippen LogP contribution in [0.25, 0.3) is 0 Å². The number of nitrogens with one attached hydrogen (secondary N) is 2. The fraction of sp³-hybridized carbons (Fsp3) is 0.250. The summed E-state index contributed by atoms with van der Waals surface area (Å²) in [6, 6.07) is 3.12. The van der Waals surface area contributed by atoms with E-state index in [4.69, 9.17) is 5.73 Å². The molecule has 0 fully saturated rings. The molecule has 0 amide bonds. The molecule has 1 aromatic carbocycles. The highest BCUT2D eigenvalue weighted by molar-refractivity contribution is 9.10. The van der Waals surface area contributed by atoms with Crippen LogP contribution in [0, 0.1) is 20.8 Å². The van der Waals surface area contributed by atoms with Crippen LogP contribution < -0.4 is 10.5 Å². The van der Waals surface area contributed by atoms with Gasteiger partial charge in [-0.2, -0.15) is 5.10 Å². The molecule has 0 spiro atoms. The first-order valence-corrected chi connectivity index (χ1v) is 8.10. The number of aromatic amines is 1. The number of anilines is 2. The van der Waals surface area contributed by atoms with E-state index in [-0.39, 0.29) is 4.90 Å². The number of hydrogen-bond donors (Lipinski definition) is 3. The number of hydrogen-bond acceptors (Lipinski definition) is 4. The monoisotopic (exact) mass is 358 g/mol. The standard InChI is InChI=1S/C12H15BrN4O2S/c1-6-4-9(13)10(14)5-11(6)20(18,19)17-12-7(2)15-16-8(12)3/h4-5,17H,14H2,1-3H3,(H,15,16). The van der Waals surface area contributed by atoms with Crippen molar-refractivity contribution in [1.82, 2.24) is 10.2 Å². The molecule has 20 heavy (non-hydrogen) atoms. The maximum absolute atomic E-state index is 12.5. The average Bonchev–Trinajstić information content (AvgIpc) is 2.65. The number of sulfonamides is 1. The van der Waals surface area contributed by atoms with E-state index in [0.717, 1.165) is 0 Å². The molecule has 2 aromatic rings. The number of nitrogen functional groups attached to an aromatic ring is 1. The van der Waals surface area contributed by atoms with Crippen LogP contribution in [0.5, 0.6) is 0 Å². The van der Waals surface area contributed by atoms with Gasteiger partial charge in [-0.15, -0.1) is 0 Å². The van der Waals surface area contributed by atoms with Crippen molar-refractivity contribution in [2.45, 2.75) is 25.7 Å². The topological polar surface area (TPSA) is 101 Å². The zero-order valence-electron chi connectivity index (χ0n) is 11.3. The molecule has 108 valence electrons. The first-order valence-electron chi connectivity index (χ1n) is 5.82. The van der Waals surface area contributed by atoms with Crippen LogP contribution >= 0.6 is 15.9 Å². The molecule has 8 heteroatoms. The molecule has 0 bridgehead atoms. The number of H-pyrrole nitrogens is 1. The van der Waals surface area contributed by atoms with Gasteiger partial charge in [0, 0.05) is 10.2 Å². The maximum Gasteiger partial charge on any atom is 0.262 e. The van der Waals surface area contributed by atoms with E-state index in [1.54, 1.807) is 26.8 Å². The normalized spacial score (nSPS) is 11.6. The first kappa shape index (κ1) is 14.9. The van der Waals surface area contributed by atoms with Crippen molar-refractivity contribution in [3.05, 3.63) is 33.6 Å². The number of rotatable bonds is 3. The summed E-state index contributed by atoms with van der Waals surface area (Å²) >= 11 is 3.28. The van der Waals surface area contributed by atoms with E-state index in [1.807, 2.05) is 0 Å². The van der Waals surface area contributed by atoms with Crippen LogP contribution in [0.2, 0.25) is 0 Å². The van der Waals surface area contributed by atoms with Crippen LogP contribution in [-0.2, 0) is 10.0 Å². The zero-order chi connectivity index (χ0) is 15.1. The lowest BCUT2D eigenvalue weighted by molar-refractivity contribution is 0.600. The smallest absolute Gasteiger partial charge is 0.262 e. The third-order valence-electron chi connectivity index (χ3n) is 2.95. The number of nitrogens with zero attached hydrogens (tertiary/aromatic N) is 1. The Bertz CT molecular complexity index is 749. The lowest BCUT2D eigenvalue weighted by Gasteiger charge is -2.12. The van der Waals surface area contributed by atoms with E-state index < -0.39 is 10.0 Å². The number of halogens is 1. The highest BCUT2D eigenvalue weighted by Crippen LogP contribution is 2.28. The number of aromatic nitrogens is 2. The van der Waals surface area contributed by atoms with Crippen molar-refractivity contribution in [3.63, 3.8) is 0 Å². The van der Waals surface area contributed by atoms with Crippen molar-refractivity contribution in [2.75, 3.05) is 10.5 Å². The molecule has 0 aliphatic heterocycles. The lowest BCUT2D eigenvalue weighted by atomic mass is 10.2. The number of nitrogens with two attached hydrogens (primary N) is 1. The summed E-state index contributed by atoms with van der Waals surface area (Å²) in [5, 5.41) is 6.70. The van der Waals surface area contributed by atoms with Crippen molar-refractivity contribution in [1.29, 1.82) is 0 Å². The van der Waals surface area contributed by atoms with Crippen LogP contribution in [0.3, 0.4) is 0 Å². The Labute approximate surface area is 125 Å². The molecule has 1 heterocycles. The van der Waals surface area contributed by atoms with E-state index in [9.17, 15) is 8.42 Å². The van der Waals surface area contributed by atoms with E-state index in [1.165, 1.54) is 6.07 Å². The molecular weight excluding hydrogens is 344 g/mol. The molecule has 0 atom stereocenters. The van der Waals surface area contributed by atoms with E-state index in [2.05, 4.69) is 30.8 Å². The third kappa shape index (κ3) is 2.66. The van der Waals surface area contributed by atoms with Gasteiger partial charge in [-0.3, -0.25) is 9.82 Å². The van der Waals surface area contributed by atoms with Gasteiger partial charge < -0.3 is 5.73 Å². The molecule has 6 nitrogen and oxygen atoms in total. The quantitative estimate of drug-likeness (QED) is 0.733. The largest absolute Gasteiger partial charge is 0.398 e. The summed E-state index contributed by atoms with van der Waals surface area (Å²) in [6.07, 6.45) is 0. The Morgan fingerprint density at radius 3 is 2.50 bits per heavy atom. The Kier molecular flexibility index (Phi) is 3.79. The summed E-state index contributed by atoms with van der Waals surface area (Å²) in [7, 11) is -3.71. The zero-order valence-corrected chi connectivity index (χ0v) is 13.7. The van der Waals surface area contributed by atoms with E-state index >= 15 is 0 Å². The van der Waals surface area contributed by atoms with Gasteiger partial charge in [0.05, 0.1) is 22.0 Å². The van der Waals surface area contributed by atoms with Crippen molar-refractivity contribution >= 4 is 37.3 Å². The molecule has 1 aromatic heterocycles.